The Labute approximate surface area is 155 Å². The highest BCUT2D eigenvalue weighted by Crippen LogP contribution is 2.18. The van der Waals surface area contributed by atoms with E-state index in [4.69, 9.17) is 16.3 Å². The van der Waals surface area contributed by atoms with Gasteiger partial charge < -0.3 is 10.1 Å². The Bertz CT molecular complexity index is 1030. The van der Waals surface area contributed by atoms with Gasteiger partial charge >= 0.3 is 0 Å². The van der Waals surface area contributed by atoms with Crippen LogP contribution in [0.4, 0.5) is 0 Å². The lowest BCUT2D eigenvalue weighted by Crippen LogP contribution is -2.31. The van der Waals surface area contributed by atoms with Gasteiger partial charge in [0.25, 0.3) is 5.91 Å². The number of methoxy groups -OCH3 is 1. The summed E-state index contributed by atoms with van der Waals surface area (Å²) >= 11 is 6.01. The van der Waals surface area contributed by atoms with E-state index in [9.17, 15) is 9.59 Å². The molecule has 1 amide bonds. The van der Waals surface area contributed by atoms with Crippen LogP contribution in [0.25, 0.3) is 10.9 Å². The lowest BCUT2D eigenvalue weighted by atomic mass is 10.1. The molecular formula is C19H18ClN3O3. The monoisotopic (exact) mass is 371 g/mol. The number of amides is 1. The van der Waals surface area contributed by atoms with E-state index in [1.165, 1.54) is 0 Å². The average molecular weight is 372 g/mol. The largest absolute Gasteiger partial charge is 0.496 e. The highest BCUT2D eigenvalue weighted by molar-refractivity contribution is 6.31. The normalized spacial score (nSPS) is 10.7. The summed E-state index contributed by atoms with van der Waals surface area (Å²) in [4.78, 5) is 25.3. The first kappa shape index (κ1) is 17.9. The van der Waals surface area contributed by atoms with E-state index in [1.807, 2.05) is 31.2 Å². The molecule has 0 atom stereocenters. The molecule has 134 valence electrons. The summed E-state index contributed by atoms with van der Waals surface area (Å²) in [6.07, 6.45) is 0. The molecule has 0 unspecified atom stereocenters. The maximum atomic E-state index is 12.7. The Balaban J connectivity index is 1.95. The highest BCUT2D eigenvalue weighted by atomic mass is 35.5. The Morgan fingerprint density at radius 3 is 2.77 bits per heavy atom. The molecule has 0 aliphatic rings. The zero-order chi connectivity index (χ0) is 18.7. The van der Waals surface area contributed by atoms with Gasteiger partial charge in [-0.1, -0.05) is 29.8 Å². The number of hydrogen-bond acceptors (Lipinski definition) is 4. The van der Waals surface area contributed by atoms with Crippen LogP contribution in [0.3, 0.4) is 0 Å². The van der Waals surface area contributed by atoms with Crippen LogP contribution in [0.15, 0.2) is 47.3 Å². The van der Waals surface area contributed by atoms with E-state index in [1.54, 1.807) is 30.0 Å². The first-order chi connectivity index (χ1) is 12.5. The zero-order valence-corrected chi connectivity index (χ0v) is 15.2. The molecule has 0 aliphatic carbocycles. The molecule has 7 heteroatoms. The Hall–Kier alpha value is -2.86. The second kappa shape index (κ2) is 7.58. The maximum absolute atomic E-state index is 12.7. The number of nitrogens with one attached hydrogen (secondary N) is 1. The van der Waals surface area contributed by atoms with E-state index in [-0.39, 0.29) is 12.2 Å². The minimum absolute atomic E-state index is 0.156. The molecule has 2 aromatic carbocycles. The smallest absolute Gasteiger partial charge is 0.276 e. The topological polar surface area (TPSA) is 73.2 Å². The van der Waals surface area contributed by atoms with Crippen molar-refractivity contribution >= 4 is 28.4 Å². The van der Waals surface area contributed by atoms with Crippen molar-refractivity contribution in [3.8, 4) is 5.75 Å². The molecule has 3 aromatic rings. The van der Waals surface area contributed by atoms with Crippen molar-refractivity contribution in [3.05, 3.63) is 69.0 Å². The standard InChI is InChI=1S/C19H18ClN3O3/c1-3-23-15-9-8-13(20)10-14(15)18(24)17(22-23)19(25)21-11-12-6-4-5-7-16(12)26-2/h4-10H,3,11H2,1-2H3,(H,21,25). The van der Waals surface area contributed by atoms with Gasteiger partial charge in [-0.25, -0.2) is 0 Å². The molecule has 0 aliphatic heterocycles. The third-order valence-corrected chi connectivity index (χ3v) is 4.30. The van der Waals surface area contributed by atoms with Gasteiger partial charge in [-0.3, -0.25) is 14.3 Å². The number of para-hydroxylation sites is 1. The molecule has 1 N–H and O–H groups in total. The summed E-state index contributed by atoms with van der Waals surface area (Å²) in [7, 11) is 1.56. The number of aryl methyl sites for hydroxylation is 1. The highest BCUT2D eigenvalue weighted by Gasteiger charge is 2.17. The van der Waals surface area contributed by atoms with Crippen molar-refractivity contribution in [1.82, 2.24) is 15.1 Å². The van der Waals surface area contributed by atoms with Crippen LogP contribution in [0.1, 0.15) is 23.0 Å². The van der Waals surface area contributed by atoms with Crippen LogP contribution < -0.4 is 15.5 Å². The van der Waals surface area contributed by atoms with E-state index < -0.39 is 11.3 Å². The fraction of sp³-hybridized carbons (Fsp3) is 0.211. The van der Waals surface area contributed by atoms with Gasteiger partial charge in [0.2, 0.25) is 5.43 Å². The van der Waals surface area contributed by atoms with E-state index >= 15 is 0 Å². The Morgan fingerprint density at radius 1 is 1.27 bits per heavy atom. The predicted molar refractivity (Wildman–Crippen MR) is 101 cm³/mol. The number of hydrogen-bond donors (Lipinski definition) is 1. The van der Waals surface area contributed by atoms with E-state index in [2.05, 4.69) is 10.4 Å². The van der Waals surface area contributed by atoms with Crippen LogP contribution >= 0.6 is 11.6 Å². The zero-order valence-electron chi connectivity index (χ0n) is 14.5. The lowest BCUT2D eigenvalue weighted by Gasteiger charge is -2.12. The molecule has 1 aromatic heterocycles. The number of benzene rings is 2. The maximum Gasteiger partial charge on any atom is 0.276 e. The summed E-state index contributed by atoms with van der Waals surface area (Å²) in [5.41, 5.74) is 0.854. The van der Waals surface area contributed by atoms with Gasteiger partial charge in [-0.2, -0.15) is 5.10 Å². The Kier molecular flexibility index (Phi) is 5.23. The number of rotatable bonds is 5. The molecule has 0 spiro atoms. The second-order valence-electron chi connectivity index (χ2n) is 5.65. The van der Waals surface area contributed by atoms with Crippen LogP contribution in [-0.2, 0) is 13.1 Å². The predicted octanol–water partition coefficient (Wildman–Crippen LogP) is 3.01. The van der Waals surface area contributed by atoms with Crippen LogP contribution in [-0.4, -0.2) is 22.8 Å². The number of halogens is 1. The molecule has 26 heavy (non-hydrogen) atoms. The van der Waals surface area contributed by atoms with Crippen LogP contribution in [0.5, 0.6) is 5.75 Å². The van der Waals surface area contributed by atoms with Gasteiger partial charge in [0, 0.05) is 23.7 Å². The van der Waals surface area contributed by atoms with Gasteiger partial charge in [0.1, 0.15) is 5.75 Å². The number of aromatic nitrogens is 2. The molecule has 0 radical (unpaired) electrons. The summed E-state index contributed by atoms with van der Waals surface area (Å²) < 4.78 is 6.88. The van der Waals surface area contributed by atoms with Crippen molar-refractivity contribution < 1.29 is 9.53 Å². The summed E-state index contributed by atoms with van der Waals surface area (Å²) in [6.45, 7) is 2.64. The third kappa shape index (κ3) is 3.41. The van der Waals surface area contributed by atoms with Gasteiger partial charge in [-0.05, 0) is 31.2 Å². The lowest BCUT2D eigenvalue weighted by molar-refractivity contribution is 0.0942. The van der Waals surface area contributed by atoms with Gasteiger partial charge in [-0.15, -0.1) is 0 Å². The van der Waals surface area contributed by atoms with Crippen molar-refractivity contribution in [3.63, 3.8) is 0 Å². The molecular weight excluding hydrogens is 354 g/mol. The second-order valence-corrected chi connectivity index (χ2v) is 6.09. The molecule has 0 saturated heterocycles. The molecule has 0 fully saturated rings. The molecule has 0 saturated carbocycles. The minimum Gasteiger partial charge on any atom is -0.496 e. The number of carbonyl (C=O) groups excluding carboxylic acids is 1. The summed E-state index contributed by atoms with van der Waals surface area (Å²) in [5, 5.41) is 7.76. The minimum atomic E-state index is -0.537. The van der Waals surface area contributed by atoms with Crippen molar-refractivity contribution in [1.29, 1.82) is 0 Å². The number of fused-ring (bicyclic) bond motifs is 1. The summed E-state index contributed by atoms with van der Waals surface area (Å²) in [5.74, 6) is 0.127. The first-order valence-corrected chi connectivity index (χ1v) is 8.53. The number of carbonyl (C=O) groups is 1. The molecule has 3 rings (SSSR count). The summed E-state index contributed by atoms with van der Waals surface area (Å²) in [6, 6.07) is 12.3. The van der Waals surface area contributed by atoms with E-state index in [0.29, 0.717) is 28.2 Å². The SMILES string of the molecule is CCn1nc(C(=O)NCc2ccccc2OC)c(=O)c2cc(Cl)ccc21. The third-order valence-electron chi connectivity index (χ3n) is 4.06. The fourth-order valence-corrected chi connectivity index (χ4v) is 2.93. The fourth-order valence-electron chi connectivity index (χ4n) is 2.76. The van der Waals surface area contributed by atoms with Crippen molar-refractivity contribution in [2.24, 2.45) is 0 Å². The quantitative estimate of drug-likeness (QED) is 0.748. The van der Waals surface area contributed by atoms with Gasteiger partial charge in [0.05, 0.1) is 18.0 Å². The van der Waals surface area contributed by atoms with Crippen molar-refractivity contribution in [2.75, 3.05) is 7.11 Å². The molecule has 0 bridgehead atoms. The Morgan fingerprint density at radius 2 is 2.04 bits per heavy atom. The van der Waals surface area contributed by atoms with Crippen molar-refractivity contribution in [2.45, 2.75) is 20.0 Å². The molecule has 6 nitrogen and oxygen atoms in total. The first-order valence-electron chi connectivity index (χ1n) is 8.15. The van der Waals surface area contributed by atoms with Crippen LogP contribution in [0, 0.1) is 0 Å². The van der Waals surface area contributed by atoms with Crippen LogP contribution in [0.2, 0.25) is 5.02 Å². The molecule has 1 heterocycles. The van der Waals surface area contributed by atoms with E-state index in [0.717, 1.165) is 5.56 Å². The average Bonchev–Trinajstić information content (AvgIpc) is 2.67. The number of nitrogens with zero attached hydrogens (tertiary/aromatic N) is 2. The number of ether oxygens (including phenoxy) is 1. The van der Waals surface area contributed by atoms with Gasteiger partial charge in [0.15, 0.2) is 5.69 Å².